The van der Waals surface area contributed by atoms with Crippen molar-refractivity contribution >= 4 is 0 Å². The van der Waals surface area contributed by atoms with Crippen LogP contribution in [0.1, 0.15) is 45.4 Å². The van der Waals surface area contributed by atoms with Crippen molar-refractivity contribution < 1.29 is 0 Å². The van der Waals surface area contributed by atoms with Crippen molar-refractivity contribution in [1.29, 1.82) is 0 Å². The average Bonchev–Trinajstić information content (AvgIpc) is 2.47. The van der Waals surface area contributed by atoms with E-state index in [-0.39, 0.29) is 0 Å². The monoisotopic (exact) mass is 206 g/mol. The van der Waals surface area contributed by atoms with E-state index >= 15 is 0 Å². The fraction of sp³-hybridized carbons (Fsp3) is 0.846. The molecule has 3 unspecified atom stereocenters. The molecular formula is C13H22N2. The Labute approximate surface area is 93.2 Å². The third-order valence-corrected chi connectivity index (χ3v) is 4.07. The molecule has 0 saturated carbocycles. The van der Waals surface area contributed by atoms with Crippen LogP contribution in [-0.2, 0) is 0 Å². The van der Waals surface area contributed by atoms with Gasteiger partial charge in [0, 0.05) is 30.6 Å². The minimum atomic E-state index is 0.432. The fourth-order valence-electron chi connectivity index (χ4n) is 3.45. The summed E-state index contributed by atoms with van der Waals surface area (Å²) in [6.45, 7) is 2.25. The molecule has 2 heteroatoms. The number of nitrogens with zero attached hydrogens (tertiary/aromatic N) is 1. The smallest absolute Gasteiger partial charge is 0.0243 e. The Morgan fingerprint density at radius 3 is 2.47 bits per heavy atom. The molecule has 0 spiro atoms. The maximum atomic E-state index is 6.07. The van der Waals surface area contributed by atoms with E-state index in [9.17, 15) is 0 Å². The topological polar surface area (TPSA) is 29.3 Å². The second-order valence-electron chi connectivity index (χ2n) is 5.03. The van der Waals surface area contributed by atoms with Crippen LogP contribution < -0.4 is 5.73 Å². The number of terminal acetylenes is 1. The van der Waals surface area contributed by atoms with Crippen LogP contribution in [0.2, 0.25) is 0 Å². The third kappa shape index (κ3) is 2.04. The van der Waals surface area contributed by atoms with Crippen molar-refractivity contribution in [2.24, 2.45) is 5.73 Å². The number of rotatable bonds is 3. The van der Waals surface area contributed by atoms with E-state index < -0.39 is 0 Å². The molecule has 0 aliphatic carbocycles. The van der Waals surface area contributed by atoms with Crippen LogP contribution in [0.4, 0.5) is 0 Å². The van der Waals surface area contributed by atoms with Gasteiger partial charge in [-0.25, -0.2) is 0 Å². The van der Waals surface area contributed by atoms with E-state index in [1.165, 1.54) is 32.1 Å². The normalized spacial score (nSPS) is 37.5. The molecule has 0 radical (unpaired) electrons. The molecule has 2 heterocycles. The summed E-state index contributed by atoms with van der Waals surface area (Å²) in [6, 6.07) is 2.47. The van der Waals surface area contributed by atoms with Crippen LogP contribution in [0.3, 0.4) is 0 Å². The van der Waals surface area contributed by atoms with Gasteiger partial charge in [-0.3, -0.25) is 4.90 Å². The molecule has 0 aromatic heterocycles. The van der Waals surface area contributed by atoms with Gasteiger partial charge in [0.25, 0.3) is 0 Å². The lowest BCUT2D eigenvalue weighted by Gasteiger charge is -2.42. The van der Waals surface area contributed by atoms with Gasteiger partial charge in [-0.2, -0.15) is 0 Å². The average molecular weight is 206 g/mol. The highest BCUT2D eigenvalue weighted by molar-refractivity contribution is 5.01. The third-order valence-electron chi connectivity index (χ3n) is 4.07. The number of hydrogen-bond donors (Lipinski definition) is 1. The lowest BCUT2D eigenvalue weighted by Crippen LogP contribution is -2.51. The van der Waals surface area contributed by atoms with Crippen LogP contribution in [0.15, 0.2) is 0 Å². The summed E-state index contributed by atoms with van der Waals surface area (Å²) >= 11 is 0. The van der Waals surface area contributed by atoms with Gasteiger partial charge in [-0.15, -0.1) is 12.3 Å². The predicted octanol–water partition coefficient (Wildman–Crippen LogP) is 1.74. The van der Waals surface area contributed by atoms with E-state index in [4.69, 9.17) is 12.2 Å². The van der Waals surface area contributed by atoms with Gasteiger partial charge < -0.3 is 5.73 Å². The number of nitrogens with two attached hydrogens (primary N) is 1. The molecule has 15 heavy (non-hydrogen) atoms. The lowest BCUT2D eigenvalue weighted by molar-refractivity contribution is 0.0772. The number of fused-ring (bicyclic) bond motifs is 2. The molecule has 2 bridgehead atoms. The summed E-state index contributed by atoms with van der Waals surface area (Å²) < 4.78 is 0. The summed E-state index contributed by atoms with van der Waals surface area (Å²) in [5, 5.41) is 0. The van der Waals surface area contributed by atoms with Crippen LogP contribution in [0.25, 0.3) is 0 Å². The van der Waals surface area contributed by atoms with Gasteiger partial charge in [0.2, 0.25) is 0 Å². The van der Waals surface area contributed by atoms with Crippen molar-refractivity contribution in [2.75, 3.05) is 0 Å². The molecule has 0 aromatic rings. The van der Waals surface area contributed by atoms with Crippen molar-refractivity contribution in [3.63, 3.8) is 0 Å². The van der Waals surface area contributed by atoms with Crippen molar-refractivity contribution in [3.8, 4) is 12.3 Å². The van der Waals surface area contributed by atoms with Gasteiger partial charge in [-0.05, 0) is 32.1 Å². The van der Waals surface area contributed by atoms with Gasteiger partial charge in [-0.1, -0.05) is 6.92 Å². The van der Waals surface area contributed by atoms with E-state index in [0.29, 0.717) is 12.1 Å². The van der Waals surface area contributed by atoms with E-state index in [0.717, 1.165) is 18.5 Å². The van der Waals surface area contributed by atoms with Gasteiger partial charge >= 0.3 is 0 Å². The molecule has 0 amide bonds. The molecule has 84 valence electrons. The van der Waals surface area contributed by atoms with Gasteiger partial charge in [0.15, 0.2) is 0 Å². The molecule has 0 aromatic carbocycles. The fourth-order valence-corrected chi connectivity index (χ4v) is 3.45. The summed E-state index contributed by atoms with van der Waals surface area (Å²) in [6.07, 6.45) is 12.5. The zero-order valence-corrected chi connectivity index (χ0v) is 9.65. The Morgan fingerprint density at radius 2 is 2.00 bits per heavy atom. The molecule has 2 nitrogen and oxygen atoms in total. The van der Waals surface area contributed by atoms with Gasteiger partial charge in [0.1, 0.15) is 0 Å². The molecule has 2 fully saturated rings. The Kier molecular flexibility index (Phi) is 3.33. The standard InChI is InChI=1S/C13H22N2/c1-3-5-11(4-2)15-12-6-7-13(15)9-10(14)8-12/h1,10-13H,4-9,14H2,2H3. The first-order valence-corrected chi connectivity index (χ1v) is 6.22. The summed E-state index contributed by atoms with van der Waals surface area (Å²) in [4.78, 5) is 2.68. The first-order chi connectivity index (χ1) is 7.26. The van der Waals surface area contributed by atoms with Crippen molar-refractivity contribution in [3.05, 3.63) is 0 Å². The quantitative estimate of drug-likeness (QED) is 0.713. The maximum Gasteiger partial charge on any atom is 0.0243 e. The van der Waals surface area contributed by atoms with Crippen LogP contribution in [-0.4, -0.2) is 29.1 Å². The second kappa shape index (κ2) is 4.55. The highest BCUT2D eigenvalue weighted by atomic mass is 15.2. The first-order valence-electron chi connectivity index (χ1n) is 6.22. The van der Waals surface area contributed by atoms with Crippen molar-refractivity contribution in [1.82, 2.24) is 4.90 Å². The van der Waals surface area contributed by atoms with Crippen LogP contribution >= 0.6 is 0 Å². The zero-order chi connectivity index (χ0) is 10.8. The SMILES string of the molecule is C#CCC(CC)N1C2CCC1CC(N)C2. The Balaban J connectivity index is 2.06. The zero-order valence-electron chi connectivity index (χ0n) is 9.65. The molecule has 2 N–H and O–H groups in total. The minimum Gasteiger partial charge on any atom is -0.328 e. The van der Waals surface area contributed by atoms with Crippen LogP contribution in [0.5, 0.6) is 0 Å². The van der Waals surface area contributed by atoms with Crippen LogP contribution in [0, 0.1) is 12.3 Å². The highest BCUT2D eigenvalue weighted by Crippen LogP contribution is 2.37. The van der Waals surface area contributed by atoms with E-state index in [1.807, 2.05) is 0 Å². The second-order valence-corrected chi connectivity index (χ2v) is 5.03. The molecule has 3 atom stereocenters. The first kappa shape index (κ1) is 11.0. The Bertz CT molecular complexity index is 242. The molecule has 2 aliphatic rings. The highest BCUT2D eigenvalue weighted by Gasteiger charge is 2.41. The van der Waals surface area contributed by atoms with Crippen molar-refractivity contribution in [2.45, 2.75) is 69.6 Å². The molecular weight excluding hydrogens is 184 g/mol. The largest absolute Gasteiger partial charge is 0.328 e. The Morgan fingerprint density at radius 1 is 1.40 bits per heavy atom. The molecule has 2 aliphatic heterocycles. The summed E-state index contributed by atoms with van der Waals surface area (Å²) in [5.41, 5.74) is 6.07. The number of hydrogen-bond acceptors (Lipinski definition) is 2. The Hall–Kier alpha value is -0.520. The lowest BCUT2D eigenvalue weighted by atomic mass is 9.94. The maximum absolute atomic E-state index is 6.07. The van der Waals surface area contributed by atoms with E-state index in [2.05, 4.69) is 17.7 Å². The van der Waals surface area contributed by atoms with E-state index in [1.54, 1.807) is 0 Å². The summed E-state index contributed by atoms with van der Waals surface area (Å²) in [5.74, 6) is 2.82. The molecule has 2 rings (SSSR count). The predicted molar refractivity (Wildman–Crippen MR) is 63.4 cm³/mol. The van der Waals surface area contributed by atoms with Gasteiger partial charge in [0.05, 0.1) is 0 Å². The number of piperidine rings is 1. The molecule has 2 saturated heterocycles. The summed E-state index contributed by atoms with van der Waals surface area (Å²) in [7, 11) is 0. The minimum absolute atomic E-state index is 0.432.